The van der Waals surface area contributed by atoms with Gasteiger partial charge in [0.25, 0.3) is 0 Å². The molecule has 0 amide bonds. The Balaban J connectivity index is 2.31. The van der Waals surface area contributed by atoms with Gasteiger partial charge in [0.15, 0.2) is 0 Å². The number of esters is 1. The third kappa shape index (κ3) is 2.25. The first-order valence-electron chi connectivity index (χ1n) is 5.32. The minimum Gasteiger partial charge on any atom is -0.466 e. The van der Waals surface area contributed by atoms with Crippen molar-refractivity contribution in [2.45, 2.75) is 13.0 Å². The number of ether oxygens (including phenoxy) is 1. The Morgan fingerprint density at radius 1 is 1.53 bits per heavy atom. The van der Waals surface area contributed by atoms with Crippen LogP contribution in [-0.4, -0.2) is 25.2 Å². The molecule has 4 nitrogen and oxygen atoms in total. The van der Waals surface area contributed by atoms with Crippen LogP contribution in [0, 0.1) is 0 Å². The molecule has 1 unspecified atom stereocenters. The van der Waals surface area contributed by atoms with Crippen LogP contribution in [-0.2, 0) is 14.2 Å². The quantitative estimate of drug-likeness (QED) is 0.460. The van der Waals surface area contributed by atoms with Gasteiger partial charge < -0.3 is 14.4 Å². The molecule has 2 rings (SSSR count). The molecule has 1 N–H and O–H groups in total. The highest BCUT2D eigenvalue weighted by atomic mass is 16.5. The lowest BCUT2D eigenvalue weighted by Crippen LogP contribution is -2.27. The van der Waals surface area contributed by atoms with Gasteiger partial charge in [-0.25, -0.2) is 4.79 Å². The van der Waals surface area contributed by atoms with Crippen molar-refractivity contribution in [2.24, 2.45) is 0 Å². The molecule has 1 aromatic rings. The van der Waals surface area contributed by atoms with E-state index in [0.717, 1.165) is 11.0 Å². The Morgan fingerprint density at radius 3 is 2.94 bits per heavy atom. The predicted octanol–water partition coefficient (Wildman–Crippen LogP) is 0.565. The number of carbonyl (C=O) groups excluding carboxylic acids is 1. The summed E-state index contributed by atoms with van der Waals surface area (Å²) in [6.07, 6.45) is 0.986. The lowest BCUT2D eigenvalue weighted by Gasteiger charge is -2.12. The van der Waals surface area contributed by atoms with E-state index in [1.54, 1.807) is 6.92 Å². The van der Waals surface area contributed by atoms with Crippen LogP contribution in [0.3, 0.4) is 0 Å². The number of hydrogen-bond acceptors (Lipinski definition) is 4. The van der Waals surface area contributed by atoms with E-state index in [2.05, 4.69) is 4.74 Å². The lowest BCUT2D eigenvalue weighted by molar-refractivity contribution is -0.134. The second-order valence-electron chi connectivity index (χ2n) is 3.91. The van der Waals surface area contributed by atoms with Crippen molar-refractivity contribution in [3.63, 3.8) is 0 Å². The van der Waals surface area contributed by atoms with Crippen molar-refractivity contribution in [1.29, 1.82) is 0 Å². The smallest absolute Gasteiger partial charge is 0.466 e. The van der Waals surface area contributed by atoms with E-state index in [9.17, 15) is 9.82 Å². The van der Waals surface area contributed by atoms with Gasteiger partial charge in [0.2, 0.25) is 0 Å². The summed E-state index contributed by atoms with van der Waals surface area (Å²) in [7, 11) is 0.391. The number of rotatable bonds is 2. The largest absolute Gasteiger partial charge is 0.492 e. The fourth-order valence-electron chi connectivity index (χ4n) is 1.92. The molecular formula is C12H13BO4. The van der Waals surface area contributed by atoms with Gasteiger partial charge in [-0.2, -0.15) is 0 Å². The van der Waals surface area contributed by atoms with Crippen LogP contribution >= 0.6 is 0 Å². The van der Waals surface area contributed by atoms with Crippen molar-refractivity contribution >= 4 is 18.6 Å². The second kappa shape index (κ2) is 4.73. The van der Waals surface area contributed by atoms with Gasteiger partial charge in [0, 0.05) is 6.08 Å². The zero-order valence-electron chi connectivity index (χ0n) is 9.71. The van der Waals surface area contributed by atoms with Crippen molar-refractivity contribution in [3.05, 3.63) is 41.5 Å². The van der Waals surface area contributed by atoms with Crippen LogP contribution in [0.2, 0.25) is 0 Å². The van der Waals surface area contributed by atoms with Crippen molar-refractivity contribution in [1.82, 2.24) is 0 Å². The first-order valence-corrected chi connectivity index (χ1v) is 5.32. The van der Waals surface area contributed by atoms with E-state index in [4.69, 9.17) is 4.65 Å². The number of fused-ring (bicyclic) bond motifs is 1. The van der Waals surface area contributed by atoms with Crippen LogP contribution < -0.4 is 5.46 Å². The summed E-state index contributed by atoms with van der Waals surface area (Å²) in [5.41, 5.74) is 2.34. The molecule has 0 bridgehead atoms. The molecule has 0 aliphatic carbocycles. The SMILES string of the molecule is COC(=O)/C=C(\C)C1OB(O)c2ccccc21. The molecule has 0 spiro atoms. The Kier molecular flexibility index (Phi) is 3.31. The van der Waals surface area contributed by atoms with Gasteiger partial charge in [-0.1, -0.05) is 24.3 Å². The fourth-order valence-corrected chi connectivity index (χ4v) is 1.92. The van der Waals surface area contributed by atoms with Gasteiger partial charge in [-0.05, 0) is 23.5 Å². The molecule has 0 aromatic heterocycles. The summed E-state index contributed by atoms with van der Waals surface area (Å²) in [5.74, 6) is -0.426. The summed E-state index contributed by atoms with van der Waals surface area (Å²) in [6.45, 7) is 1.77. The third-order valence-electron chi connectivity index (χ3n) is 2.77. The molecule has 0 fully saturated rings. The Labute approximate surface area is 100 Å². The molecule has 1 atom stereocenters. The highest BCUT2D eigenvalue weighted by molar-refractivity contribution is 6.61. The normalized spacial score (nSPS) is 19.1. The van der Waals surface area contributed by atoms with Gasteiger partial charge in [-0.3, -0.25) is 0 Å². The monoisotopic (exact) mass is 232 g/mol. The maximum absolute atomic E-state index is 11.2. The molecule has 1 aliphatic heterocycles. The van der Waals surface area contributed by atoms with Gasteiger partial charge in [-0.15, -0.1) is 0 Å². The number of benzene rings is 1. The minimum atomic E-state index is -0.933. The number of methoxy groups -OCH3 is 1. The predicted molar refractivity (Wildman–Crippen MR) is 63.6 cm³/mol. The van der Waals surface area contributed by atoms with E-state index in [-0.39, 0.29) is 6.10 Å². The Hall–Kier alpha value is -1.59. The third-order valence-corrected chi connectivity index (χ3v) is 2.77. The molecule has 17 heavy (non-hydrogen) atoms. The van der Waals surface area contributed by atoms with Crippen LogP contribution in [0.4, 0.5) is 0 Å². The maximum Gasteiger partial charge on any atom is 0.492 e. The molecule has 1 heterocycles. The number of carbonyl (C=O) groups is 1. The fraction of sp³-hybridized carbons (Fsp3) is 0.250. The molecule has 1 aromatic carbocycles. The average Bonchev–Trinajstić information content (AvgIpc) is 2.67. The zero-order valence-corrected chi connectivity index (χ0v) is 9.71. The summed E-state index contributed by atoms with van der Waals surface area (Å²) in [4.78, 5) is 11.2. The Morgan fingerprint density at radius 2 is 2.24 bits per heavy atom. The molecular weight excluding hydrogens is 219 g/mol. The topological polar surface area (TPSA) is 55.8 Å². The molecule has 1 aliphatic rings. The summed E-state index contributed by atoms with van der Waals surface area (Å²) in [5, 5.41) is 9.73. The first-order chi connectivity index (χ1) is 8.13. The Bertz CT molecular complexity index is 469. The average molecular weight is 232 g/mol. The molecule has 0 radical (unpaired) electrons. The zero-order chi connectivity index (χ0) is 12.4. The highest BCUT2D eigenvalue weighted by Gasteiger charge is 2.35. The van der Waals surface area contributed by atoms with Crippen molar-refractivity contribution < 1.29 is 19.2 Å². The van der Waals surface area contributed by atoms with Crippen molar-refractivity contribution in [2.75, 3.05) is 7.11 Å². The maximum atomic E-state index is 11.2. The number of hydrogen-bond donors (Lipinski definition) is 1. The molecule has 0 saturated carbocycles. The van der Waals surface area contributed by atoms with Crippen LogP contribution in [0.25, 0.3) is 0 Å². The first kappa shape index (κ1) is 11.9. The van der Waals surface area contributed by atoms with Crippen molar-refractivity contribution in [3.8, 4) is 0 Å². The minimum absolute atomic E-state index is 0.389. The molecule has 88 valence electrons. The van der Waals surface area contributed by atoms with Crippen LogP contribution in [0.15, 0.2) is 35.9 Å². The van der Waals surface area contributed by atoms with Gasteiger partial charge >= 0.3 is 13.1 Å². The second-order valence-corrected chi connectivity index (χ2v) is 3.91. The van der Waals surface area contributed by atoms with Gasteiger partial charge in [0.05, 0.1) is 13.2 Å². The van der Waals surface area contributed by atoms with E-state index in [0.29, 0.717) is 5.57 Å². The highest BCUT2D eigenvalue weighted by Crippen LogP contribution is 2.29. The summed E-state index contributed by atoms with van der Waals surface area (Å²) < 4.78 is 9.98. The standard InChI is InChI=1S/C12H13BO4/c1-8(7-11(14)16-2)12-9-5-3-4-6-10(9)13(15)17-12/h3-7,12,15H,1-2H3/b8-7+. The van der Waals surface area contributed by atoms with E-state index < -0.39 is 13.1 Å². The van der Waals surface area contributed by atoms with Gasteiger partial charge in [0.1, 0.15) is 0 Å². The molecule has 0 saturated heterocycles. The summed E-state index contributed by atoms with van der Waals surface area (Å²) >= 11 is 0. The van der Waals surface area contributed by atoms with Crippen LogP contribution in [0.5, 0.6) is 0 Å². The van der Waals surface area contributed by atoms with E-state index >= 15 is 0 Å². The summed E-state index contributed by atoms with van der Waals surface area (Å²) in [6, 6.07) is 7.40. The van der Waals surface area contributed by atoms with Crippen LogP contribution in [0.1, 0.15) is 18.6 Å². The van der Waals surface area contributed by atoms with E-state index in [1.807, 2.05) is 24.3 Å². The van der Waals surface area contributed by atoms with E-state index in [1.165, 1.54) is 13.2 Å². The molecule has 5 heteroatoms. The lowest BCUT2D eigenvalue weighted by atomic mass is 9.79.